The lowest BCUT2D eigenvalue weighted by molar-refractivity contribution is -0.147. The number of amides is 2. The zero-order valence-corrected chi connectivity index (χ0v) is 29.0. The van der Waals surface area contributed by atoms with E-state index >= 15 is 0 Å². The summed E-state index contributed by atoms with van der Waals surface area (Å²) in [5.41, 5.74) is 1.30. The zero-order chi connectivity index (χ0) is 35.5. The Morgan fingerprint density at radius 2 is 1.76 bits per heavy atom. The van der Waals surface area contributed by atoms with Crippen LogP contribution in [0.4, 0.5) is 4.79 Å². The van der Waals surface area contributed by atoms with Crippen LogP contribution in [0, 0.1) is 11.3 Å². The van der Waals surface area contributed by atoms with Crippen LogP contribution in [0.2, 0.25) is 0 Å². The first-order valence-electron chi connectivity index (χ1n) is 17.6. The van der Waals surface area contributed by atoms with Gasteiger partial charge in [0.25, 0.3) is 0 Å². The SMILES string of the molecule is CC(C)(C)OC(=O)N[C@@H]1CCCCC/C=C\[C@H]2C[C@]2(C(=O)O)CC(=O)[C@@H]2C[C@H](n3nnc(Cc4ccc(-c5ccccc5)cc4)n3)CN2C1=O. The van der Waals surface area contributed by atoms with Gasteiger partial charge in [0.15, 0.2) is 11.6 Å². The first-order chi connectivity index (χ1) is 23.9. The van der Waals surface area contributed by atoms with Gasteiger partial charge in [-0.05, 0) is 74.3 Å². The number of Topliss-reactive ketones (excluding diaryl/α,β-unsaturated/α-hetero) is 1. The van der Waals surface area contributed by atoms with Crippen molar-refractivity contribution in [1.29, 1.82) is 0 Å². The number of rotatable bonds is 6. The number of hydrogen-bond acceptors (Lipinski definition) is 8. The maximum absolute atomic E-state index is 14.3. The van der Waals surface area contributed by atoms with E-state index in [1.807, 2.05) is 42.5 Å². The number of carboxylic acids is 1. The summed E-state index contributed by atoms with van der Waals surface area (Å²) in [7, 11) is 0. The van der Waals surface area contributed by atoms with Crippen molar-refractivity contribution in [3.05, 3.63) is 78.1 Å². The van der Waals surface area contributed by atoms with E-state index in [9.17, 15) is 24.3 Å². The second-order valence-electron chi connectivity index (χ2n) is 14.8. The van der Waals surface area contributed by atoms with Gasteiger partial charge >= 0.3 is 12.1 Å². The van der Waals surface area contributed by atoms with Gasteiger partial charge in [-0.2, -0.15) is 4.80 Å². The fraction of sp³-hybridized carbons (Fsp3) is 0.500. The average molecular weight is 683 g/mol. The Kier molecular flexibility index (Phi) is 10.2. The van der Waals surface area contributed by atoms with Crippen LogP contribution in [0.25, 0.3) is 11.1 Å². The van der Waals surface area contributed by atoms with Crippen molar-refractivity contribution in [3.8, 4) is 11.1 Å². The number of carbonyl (C=O) groups excluding carboxylic acids is 3. The Hall–Kier alpha value is -4.87. The van der Waals surface area contributed by atoms with Gasteiger partial charge in [0.1, 0.15) is 11.6 Å². The highest BCUT2D eigenvalue weighted by Crippen LogP contribution is 2.57. The van der Waals surface area contributed by atoms with E-state index in [1.165, 1.54) is 9.70 Å². The van der Waals surface area contributed by atoms with E-state index in [4.69, 9.17) is 4.74 Å². The molecule has 3 heterocycles. The van der Waals surface area contributed by atoms with Gasteiger partial charge in [0.2, 0.25) is 5.91 Å². The number of ether oxygens (including phenoxy) is 1. The molecule has 0 radical (unpaired) electrons. The molecule has 2 amide bonds. The molecule has 12 nitrogen and oxygen atoms in total. The molecule has 1 saturated carbocycles. The number of allylic oxidation sites excluding steroid dienone is 2. The van der Waals surface area contributed by atoms with Crippen molar-refractivity contribution >= 4 is 23.8 Å². The Bertz CT molecular complexity index is 1730. The summed E-state index contributed by atoms with van der Waals surface area (Å²) in [5.74, 6) is -1.44. The smallest absolute Gasteiger partial charge is 0.408 e. The van der Waals surface area contributed by atoms with Gasteiger partial charge in [0, 0.05) is 25.8 Å². The summed E-state index contributed by atoms with van der Waals surface area (Å²) in [6.07, 6.45) is 7.61. The van der Waals surface area contributed by atoms with Crippen molar-refractivity contribution in [2.45, 2.75) is 102 Å². The monoisotopic (exact) mass is 682 g/mol. The number of aliphatic carboxylic acids is 1. The molecular formula is C38H46N6O6. The van der Waals surface area contributed by atoms with Gasteiger partial charge in [0.05, 0.1) is 17.5 Å². The lowest BCUT2D eigenvalue weighted by Crippen LogP contribution is -2.52. The molecule has 12 heteroatoms. The standard InChI is InChI=1S/C38H46N6O6/c1-37(2,3)50-36(49)39-30-15-11-6-4-5-10-14-28-22-38(28,35(47)48)23-32(45)31-21-29(24-43(31)34(30)46)44-41-33(40-42-44)20-25-16-18-27(19-17-25)26-12-8-7-9-13-26/h7-10,12-14,16-19,28-31H,4-6,11,15,20-24H2,1-3H3,(H,39,49)(H,47,48)/b14-10-/t28-,29-,30+,31-,38-/m0/s1. The second-order valence-corrected chi connectivity index (χ2v) is 14.8. The summed E-state index contributed by atoms with van der Waals surface area (Å²) in [6.45, 7) is 5.37. The van der Waals surface area contributed by atoms with E-state index < -0.39 is 47.1 Å². The third-order valence-electron chi connectivity index (χ3n) is 9.92. The van der Waals surface area contributed by atoms with E-state index in [0.717, 1.165) is 36.0 Å². The molecular weight excluding hydrogens is 636 g/mol. The highest BCUT2D eigenvalue weighted by Gasteiger charge is 2.61. The van der Waals surface area contributed by atoms with Crippen LogP contribution in [0.3, 0.4) is 0 Å². The molecule has 2 aromatic carbocycles. The molecule has 5 atom stereocenters. The minimum absolute atomic E-state index is 0.118. The molecule has 1 saturated heterocycles. The number of nitrogens with zero attached hydrogens (tertiary/aromatic N) is 5. The number of aromatic nitrogens is 4. The zero-order valence-electron chi connectivity index (χ0n) is 29.0. The molecule has 1 aromatic heterocycles. The number of hydrogen-bond donors (Lipinski definition) is 2. The topological polar surface area (TPSA) is 157 Å². The van der Waals surface area contributed by atoms with Gasteiger partial charge in [-0.3, -0.25) is 14.4 Å². The van der Waals surface area contributed by atoms with Gasteiger partial charge in [-0.1, -0.05) is 79.6 Å². The minimum atomic E-state index is -1.18. The fourth-order valence-electron chi connectivity index (χ4n) is 7.13. The lowest BCUT2D eigenvalue weighted by atomic mass is 9.92. The Morgan fingerprint density at radius 1 is 1.02 bits per heavy atom. The molecule has 1 aliphatic carbocycles. The Balaban J connectivity index is 1.23. The molecule has 3 aromatic rings. The van der Waals surface area contributed by atoms with E-state index in [-0.39, 0.29) is 31.1 Å². The number of carbonyl (C=O) groups is 4. The molecule has 6 rings (SSSR count). The lowest BCUT2D eigenvalue weighted by Gasteiger charge is -2.30. The molecule has 3 aliphatic rings. The van der Waals surface area contributed by atoms with Gasteiger partial charge < -0.3 is 20.1 Å². The second kappa shape index (κ2) is 14.5. The number of carboxylic acid groups (broad SMARTS) is 1. The van der Waals surface area contributed by atoms with Crippen molar-refractivity contribution < 1.29 is 29.0 Å². The Labute approximate surface area is 292 Å². The van der Waals surface area contributed by atoms with Crippen LogP contribution in [-0.2, 0) is 25.5 Å². The summed E-state index contributed by atoms with van der Waals surface area (Å²) in [6, 6.07) is 16.0. The number of benzene rings is 2. The van der Waals surface area contributed by atoms with Crippen molar-refractivity contribution in [2.75, 3.05) is 6.54 Å². The largest absolute Gasteiger partial charge is 0.481 e. The number of ketones is 1. The van der Waals surface area contributed by atoms with E-state index in [0.29, 0.717) is 31.5 Å². The van der Waals surface area contributed by atoms with Crippen LogP contribution in [0.5, 0.6) is 0 Å². The van der Waals surface area contributed by atoms with Crippen molar-refractivity contribution in [2.24, 2.45) is 11.3 Å². The number of alkyl carbamates (subject to hydrolysis) is 1. The first-order valence-corrected chi connectivity index (χ1v) is 17.6. The Morgan fingerprint density at radius 3 is 2.48 bits per heavy atom. The maximum atomic E-state index is 14.3. The summed E-state index contributed by atoms with van der Waals surface area (Å²) in [4.78, 5) is 56.6. The fourth-order valence-corrected chi connectivity index (χ4v) is 7.13. The van der Waals surface area contributed by atoms with Crippen LogP contribution in [-0.4, -0.2) is 78.2 Å². The van der Waals surface area contributed by atoms with Crippen molar-refractivity contribution in [1.82, 2.24) is 30.4 Å². The average Bonchev–Trinajstić information content (AvgIpc) is 3.36. The van der Waals surface area contributed by atoms with E-state index in [1.54, 1.807) is 20.8 Å². The minimum Gasteiger partial charge on any atom is -0.481 e. The van der Waals surface area contributed by atoms with Gasteiger partial charge in [-0.25, -0.2) is 4.79 Å². The molecule has 264 valence electrons. The number of nitrogens with one attached hydrogen (secondary N) is 1. The van der Waals surface area contributed by atoms with Crippen LogP contribution >= 0.6 is 0 Å². The molecule has 50 heavy (non-hydrogen) atoms. The van der Waals surface area contributed by atoms with Crippen LogP contribution < -0.4 is 5.32 Å². The molecule has 0 unspecified atom stereocenters. The van der Waals surface area contributed by atoms with Crippen LogP contribution in [0.1, 0.15) is 89.6 Å². The van der Waals surface area contributed by atoms with Gasteiger partial charge in [-0.15, -0.1) is 10.2 Å². The summed E-state index contributed by atoms with van der Waals surface area (Å²) in [5, 5.41) is 26.2. The molecule has 0 bridgehead atoms. The van der Waals surface area contributed by atoms with Crippen molar-refractivity contribution in [3.63, 3.8) is 0 Å². The maximum Gasteiger partial charge on any atom is 0.408 e. The number of tetrazole rings is 1. The quantitative estimate of drug-likeness (QED) is 0.319. The summed E-state index contributed by atoms with van der Waals surface area (Å²) >= 11 is 0. The summed E-state index contributed by atoms with van der Waals surface area (Å²) < 4.78 is 5.48. The molecule has 2 N–H and O–H groups in total. The molecule has 2 fully saturated rings. The highest BCUT2D eigenvalue weighted by molar-refractivity contribution is 5.96. The number of fused-ring (bicyclic) bond motifs is 2. The highest BCUT2D eigenvalue weighted by atomic mass is 16.6. The predicted molar refractivity (Wildman–Crippen MR) is 185 cm³/mol. The third kappa shape index (κ3) is 8.11. The normalized spacial score (nSPS) is 26.6. The third-order valence-corrected chi connectivity index (χ3v) is 9.92. The van der Waals surface area contributed by atoms with E-state index in [2.05, 4.69) is 45.0 Å². The molecule has 2 aliphatic heterocycles. The first kappa shape index (κ1) is 35.0. The van der Waals surface area contributed by atoms with Crippen LogP contribution in [0.15, 0.2) is 66.7 Å². The predicted octanol–water partition coefficient (Wildman–Crippen LogP) is 5.54. The molecule has 0 spiro atoms.